The predicted octanol–water partition coefficient (Wildman–Crippen LogP) is 2.05. The lowest BCUT2D eigenvalue weighted by Gasteiger charge is -2.01. The highest BCUT2D eigenvalue weighted by molar-refractivity contribution is 7.25. The van der Waals surface area contributed by atoms with Gasteiger partial charge in [0.2, 0.25) is 0 Å². The van der Waals surface area contributed by atoms with E-state index in [1.807, 2.05) is 0 Å². The molecular weight excluding hydrogens is 270 g/mol. The number of hydrogen-bond donors (Lipinski definition) is 1. The molecule has 0 aliphatic heterocycles. The number of benzene rings is 1. The van der Waals surface area contributed by atoms with E-state index in [0.29, 0.717) is 15.6 Å². The topological polar surface area (TPSA) is 98.1 Å². The van der Waals surface area contributed by atoms with Crippen LogP contribution < -0.4 is 10.3 Å². The zero-order chi connectivity index (χ0) is 13.6. The molecule has 0 fully saturated rings. The van der Waals surface area contributed by atoms with Crippen molar-refractivity contribution in [1.82, 2.24) is 9.97 Å². The van der Waals surface area contributed by atoms with Crippen LogP contribution in [0.4, 0.5) is 5.69 Å². The van der Waals surface area contributed by atoms with Crippen molar-refractivity contribution in [3.05, 3.63) is 38.9 Å². The van der Waals surface area contributed by atoms with Crippen molar-refractivity contribution >= 4 is 37.3 Å². The minimum atomic E-state index is -0.519. The van der Waals surface area contributed by atoms with Crippen molar-refractivity contribution in [1.29, 1.82) is 0 Å². The largest absolute Gasteiger partial charge is 0.490 e. The molecule has 2 heterocycles. The third kappa shape index (κ3) is 1.65. The number of ether oxygens (including phenoxy) is 1. The number of rotatable bonds is 2. The molecule has 8 heteroatoms. The van der Waals surface area contributed by atoms with Gasteiger partial charge in [0, 0.05) is 22.2 Å². The number of methoxy groups -OCH3 is 1. The molecule has 0 amide bonds. The van der Waals surface area contributed by atoms with Gasteiger partial charge >= 0.3 is 5.69 Å². The van der Waals surface area contributed by atoms with Crippen LogP contribution in [0.1, 0.15) is 0 Å². The van der Waals surface area contributed by atoms with Crippen LogP contribution in [0.3, 0.4) is 0 Å². The maximum absolute atomic E-state index is 11.7. The molecule has 0 saturated heterocycles. The first-order chi connectivity index (χ1) is 9.11. The quantitative estimate of drug-likeness (QED) is 0.571. The first kappa shape index (κ1) is 11.6. The number of nitro benzene ring substituents is 1. The van der Waals surface area contributed by atoms with Crippen LogP contribution in [0, 0.1) is 10.1 Å². The molecule has 0 radical (unpaired) electrons. The van der Waals surface area contributed by atoms with Gasteiger partial charge in [-0.05, 0) is 0 Å². The zero-order valence-electron chi connectivity index (χ0n) is 9.67. The Labute approximate surface area is 109 Å². The van der Waals surface area contributed by atoms with Crippen LogP contribution in [-0.2, 0) is 0 Å². The normalized spacial score (nSPS) is 11.0. The Balaban J connectivity index is 2.49. The van der Waals surface area contributed by atoms with Gasteiger partial charge < -0.3 is 9.72 Å². The van der Waals surface area contributed by atoms with Crippen molar-refractivity contribution < 1.29 is 9.66 Å². The maximum atomic E-state index is 11.7. The second-order valence-corrected chi connectivity index (χ2v) is 4.84. The molecule has 0 spiro atoms. The monoisotopic (exact) mass is 277 g/mol. The molecule has 0 aliphatic carbocycles. The zero-order valence-corrected chi connectivity index (χ0v) is 10.5. The van der Waals surface area contributed by atoms with Gasteiger partial charge in [0.15, 0.2) is 5.75 Å². The van der Waals surface area contributed by atoms with Crippen molar-refractivity contribution in [2.75, 3.05) is 7.11 Å². The molecule has 1 N–H and O–H groups in total. The van der Waals surface area contributed by atoms with E-state index in [4.69, 9.17) is 4.74 Å². The van der Waals surface area contributed by atoms with Gasteiger partial charge in [-0.15, -0.1) is 11.3 Å². The van der Waals surface area contributed by atoms with Crippen molar-refractivity contribution in [2.45, 2.75) is 0 Å². The van der Waals surface area contributed by atoms with E-state index in [0.717, 1.165) is 4.70 Å². The molecular formula is C11H7N3O4S. The second-order valence-electron chi connectivity index (χ2n) is 3.79. The molecule has 2 aromatic heterocycles. The van der Waals surface area contributed by atoms with Gasteiger partial charge in [0.1, 0.15) is 4.70 Å². The minimum absolute atomic E-state index is 0.142. The lowest BCUT2D eigenvalue weighted by atomic mass is 10.2. The van der Waals surface area contributed by atoms with Crippen molar-refractivity contribution in [3.8, 4) is 5.75 Å². The predicted molar refractivity (Wildman–Crippen MR) is 71.0 cm³/mol. The number of nitrogens with zero attached hydrogens (tertiary/aromatic N) is 2. The average Bonchev–Trinajstić information content (AvgIpc) is 2.76. The lowest BCUT2D eigenvalue weighted by molar-refractivity contribution is -0.385. The molecule has 1 aromatic carbocycles. The Morgan fingerprint density at radius 2 is 2.26 bits per heavy atom. The fourth-order valence-corrected chi connectivity index (χ4v) is 2.97. The maximum Gasteiger partial charge on any atom is 0.311 e. The SMILES string of the molecule is COc1cc2sc3c(=O)[nH]cnc3c2cc1[N+](=O)[O-]. The van der Waals surface area contributed by atoms with Gasteiger partial charge in [0.25, 0.3) is 5.56 Å². The van der Waals surface area contributed by atoms with Crippen LogP contribution in [0.5, 0.6) is 5.75 Å². The van der Waals surface area contributed by atoms with Gasteiger partial charge in [-0.25, -0.2) is 4.98 Å². The van der Waals surface area contributed by atoms with E-state index in [1.54, 1.807) is 6.07 Å². The Kier molecular flexibility index (Phi) is 2.46. The Bertz CT molecular complexity index is 867. The van der Waals surface area contributed by atoms with E-state index in [2.05, 4.69) is 9.97 Å². The van der Waals surface area contributed by atoms with E-state index < -0.39 is 4.92 Å². The number of nitro groups is 1. The number of fused-ring (bicyclic) bond motifs is 3. The molecule has 0 saturated carbocycles. The number of aromatic nitrogens is 2. The van der Waals surface area contributed by atoms with Crippen LogP contribution >= 0.6 is 11.3 Å². The van der Waals surface area contributed by atoms with E-state index in [1.165, 1.54) is 30.8 Å². The molecule has 3 rings (SSSR count). The number of hydrogen-bond acceptors (Lipinski definition) is 6. The fourth-order valence-electron chi connectivity index (χ4n) is 1.91. The fraction of sp³-hybridized carbons (Fsp3) is 0.0909. The summed E-state index contributed by atoms with van der Waals surface area (Å²) in [5.74, 6) is 0.167. The molecule has 3 aromatic rings. The summed E-state index contributed by atoms with van der Waals surface area (Å²) in [6, 6.07) is 2.94. The Hall–Kier alpha value is -2.48. The molecule has 96 valence electrons. The summed E-state index contributed by atoms with van der Waals surface area (Å²) in [6.07, 6.45) is 1.28. The molecule has 19 heavy (non-hydrogen) atoms. The van der Waals surface area contributed by atoms with Gasteiger partial charge in [-0.1, -0.05) is 0 Å². The number of thiophene rings is 1. The molecule has 0 bridgehead atoms. The van der Waals surface area contributed by atoms with Crippen LogP contribution in [0.2, 0.25) is 0 Å². The Morgan fingerprint density at radius 1 is 1.47 bits per heavy atom. The van der Waals surface area contributed by atoms with Gasteiger partial charge in [0.05, 0.1) is 23.9 Å². The summed E-state index contributed by atoms with van der Waals surface area (Å²) >= 11 is 1.23. The van der Waals surface area contributed by atoms with Crippen molar-refractivity contribution in [2.24, 2.45) is 0 Å². The first-order valence-electron chi connectivity index (χ1n) is 5.24. The smallest absolute Gasteiger partial charge is 0.311 e. The third-order valence-corrected chi connectivity index (χ3v) is 3.90. The standard InChI is InChI=1S/C11H7N3O4S/c1-18-7-3-8-5(2-6(7)14(16)17)9-10(19-8)11(15)13-4-12-9/h2-4H,1H3,(H,12,13,15). The first-order valence-corrected chi connectivity index (χ1v) is 6.06. The highest BCUT2D eigenvalue weighted by Crippen LogP contribution is 2.38. The van der Waals surface area contributed by atoms with E-state index in [9.17, 15) is 14.9 Å². The number of nitrogens with one attached hydrogen (secondary N) is 1. The summed E-state index contributed by atoms with van der Waals surface area (Å²) in [7, 11) is 1.37. The molecule has 7 nitrogen and oxygen atoms in total. The average molecular weight is 277 g/mol. The van der Waals surface area contributed by atoms with Crippen LogP contribution in [-0.4, -0.2) is 22.0 Å². The van der Waals surface area contributed by atoms with Crippen LogP contribution in [0.15, 0.2) is 23.3 Å². The van der Waals surface area contributed by atoms with Gasteiger partial charge in [-0.3, -0.25) is 14.9 Å². The summed E-state index contributed by atoms with van der Waals surface area (Å²) < 4.78 is 6.17. The van der Waals surface area contributed by atoms with Gasteiger partial charge in [-0.2, -0.15) is 0 Å². The molecule has 0 unspecified atom stereocenters. The van der Waals surface area contributed by atoms with Crippen LogP contribution in [0.25, 0.3) is 20.3 Å². The highest BCUT2D eigenvalue weighted by atomic mass is 32.1. The molecule has 0 aliphatic rings. The highest BCUT2D eigenvalue weighted by Gasteiger charge is 2.19. The van der Waals surface area contributed by atoms with E-state index >= 15 is 0 Å². The summed E-state index contributed by atoms with van der Waals surface area (Å²) in [6.45, 7) is 0. The molecule has 0 atom stereocenters. The van der Waals surface area contributed by atoms with Crippen molar-refractivity contribution in [3.63, 3.8) is 0 Å². The summed E-state index contributed by atoms with van der Waals surface area (Å²) in [5, 5.41) is 11.6. The lowest BCUT2D eigenvalue weighted by Crippen LogP contribution is -2.03. The number of aromatic amines is 1. The third-order valence-electron chi connectivity index (χ3n) is 2.76. The Morgan fingerprint density at radius 3 is 2.95 bits per heavy atom. The second kappa shape index (κ2) is 4.02. The summed E-state index contributed by atoms with van der Waals surface area (Å²) in [5.41, 5.74) is 0.0686. The summed E-state index contributed by atoms with van der Waals surface area (Å²) in [4.78, 5) is 28.7. The van der Waals surface area contributed by atoms with E-state index in [-0.39, 0.29) is 17.0 Å². The number of H-pyrrole nitrogens is 1. The minimum Gasteiger partial charge on any atom is -0.490 e.